The molecule has 5 nitrogen and oxygen atoms in total. The zero-order valence-electron chi connectivity index (χ0n) is 16.6. The van der Waals surface area contributed by atoms with Gasteiger partial charge in [0, 0.05) is 11.7 Å². The second kappa shape index (κ2) is 7.03. The molecule has 1 aromatic carbocycles. The van der Waals surface area contributed by atoms with Crippen LogP contribution >= 0.6 is 0 Å². The van der Waals surface area contributed by atoms with E-state index in [-0.39, 0.29) is 18.1 Å². The number of benzene rings is 1. The first-order valence-corrected chi connectivity index (χ1v) is 10.5. The Hall–Kier alpha value is -2.51. The molecule has 4 bridgehead atoms. The van der Waals surface area contributed by atoms with E-state index in [4.69, 9.17) is 0 Å². The van der Waals surface area contributed by atoms with E-state index in [2.05, 4.69) is 15.7 Å². The highest BCUT2D eigenvalue weighted by atomic mass is 19.4. The largest absolute Gasteiger partial charge is 0.416 e. The number of carbonyl (C=O) groups is 1. The number of alkyl halides is 3. The van der Waals surface area contributed by atoms with Crippen LogP contribution in [0.5, 0.6) is 0 Å². The van der Waals surface area contributed by atoms with E-state index >= 15 is 0 Å². The van der Waals surface area contributed by atoms with Crippen LogP contribution in [0, 0.1) is 17.8 Å². The van der Waals surface area contributed by atoms with Crippen molar-refractivity contribution in [2.75, 3.05) is 5.32 Å². The Morgan fingerprint density at radius 3 is 2.43 bits per heavy atom. The molecule has 6 rings (SSSR count). The number of amides is 2. The fraction of sp³-hybridized carbons (Fsp3) is 0.545. The van der Waals surface area contributed by atoms with Gasteiger partial charge in [-0.1, -0.05) is 12.1 Å². The zero-order valence-corrected chi connectivity index (χ0v) is 16.6. The molecule has 30 heavy (non-hydrogen) atoms. The third-order valence-electron chi connectivity index (χ3n) is 6.91. The summed E-state index contributed by atoms with van der Waals surface area (Å²) in [5, 5.41) is 10.3. The van der Waals surface area contributed by atoms with Gasteiger partial charge in [0.2, 0.25) is 0 Å². The van der Waals surface area contributed by atoms with E-state index in [1.54, 1.807) is 12.3 Å². The Morgan fingerprint density at radius 1 is 1.13 bits per heavy atom. The molecule has 0 spiro atoms. The molecule has 0 atom stereocenters. The lowest BCUT2D eigenvalue weighted by Crippen LogP contribution is -2.60. The van der Waals surface area contributed by atoms with Crippen molar-refractivity contribution in [2.45, 2.75) is 56.8 Å². The first-order chi connectivity index (χ1) is 14.3. The smallest absolute Gasteiger partial charge is 0.332 e. The Balaban J connectivity index is 1.21. The molecule has 1 heterocycles. The average Bonchev–Trinajstić information content (AvgIpc) is 3.06. The van der Waals surface area contributed by atoms with E-state index in [0.717, 1.165) is 49.1 Å². The Kier molecular flexibility index (Phi) is 4.56. The number of halogens is 3. The van der Waals surface area contributed by atoms with E-state index in [1.165, 1.54) is 36.2 Å². The van der Waals surface area contributed by atoms with Gasteiger partial charge in [-0.15, -0.1) is 0 Å². The molecule has 0 radical (unpaired) electrons. The third kappa shape index (κ3) is 3.91. The lowest BCUT2D eigenvalue weighted by molar-refractivity contribution is -0.137. The third-order valence-corrected chi connectivity index (χ3v) is 6.91. The Bertz CT molecular complexity index is 917. The number of nitrogens with zero attached hydrogens (tertiary/aromatic N) is 2. The first-order valence-electron chi connectivity index (χ1n) is 10.5. The molecule has 2 aromatic rings. The standard InChI is InChI=1S/C22H25F3N4O/c23-22(24,25)18-3-1-2-14(7-18)12-29-13-19(11-26-29)27-20(30)28-21-8-15-4-16(9-21)6-17(5-15)10-21/h1-3,7,11,13,15-17H,4-6,8-10,12H2,(H2,27,28,30). The first kappa shape index (κ1) is 19.5. The van der Waals surface area contributed by atoms with Crippen LogP contribution < -0.4 is 10.6 Å². The maximum Gasteiger partial charge on any atom is 0.416 e. The zero-order chi connectivity index (χ0) is 20.9. The molecule has 4 fully saturated rings. The number of hydrogen-bond donors (Lipinski definition) is 2. The van der Waals surface area contributed by atoms with Crippen LogP contribution in [0.15, 0.2) is 36.7 Å². The van der Waals surface area contributed by atoms with Crippen LogP contribution in [0.25, 0.3) is 0 Å². The molecule has 4 saturated carbocycles. The summed E-state index contributed by atoms with van der Waals surface area (Å²) in [6.07, 6.45) is 5.93. The summed E-state index contributed by atoms with van der Waals surface area (Å²) in [6.45, 7) is 0.197. The van der Waals surface area contributed by atoms with Gasteiger partial charge >= 0.3 is 12.2 Å². The van der Waals surface area contributed by atoms with Crippen molar-refractivity contribution < 1.29 is 18.0 Å². The molecule has 1 aromatic heterocycles. The summed E-state index contributed by atoms with van der Waals surface area (Å²) < 4.78 is 40.2. The maximum absolute atomic E-state index is 12.9. The minimum atomic E-state index is -4.37. The topological polar surface area (TPSA) is 59.0 Å². The van der Waals surface area contributed by atoms with Crippen LogP contribution in [0.2, 0.25) is 0 Å². The van der Waals surface area contributed by atoms with E-state index < -0.39 is 11.7 Å². The molecule has 0 saturated heterocycles. The van der Waals surface area contributed by atoms with Crippen molar-refractivity contribution in [1.29, 1.82) is 0 Å². The lowest BCUT2D eigenvalue weighted by atomic mass is 9.53. The van der Waals surface area contributed by atoms with Gasteiger partial charge in [0.05, 0.1) is 24.0 Å². The Labute approximate surface area is 173 Å². The molecule has 0 aliphatic heterocycles. The van der Waals surface area contributed by atoms with Gasteiger partial charge in [-0.3, -0.25) is 4.68 Å². The van der Waals surface area contributed by atoms with E-state index in [0.29, 0.717) is 11.3 Å². The predicted molar refractivity (Wildman–Crippen MR) is 106 cm³/mol. The highest BCUT2D eigenvalue weighted by Crippen LogP contribution is 2.55. The number of anilines is 1. The summed E-state index contributed by atoms with van der Waals surface area (Å²) >= 11 is 0. The number of carbonyl (C=O) groups excluding carboxylic acids is 1. The van der Waals surface area contributed by atoms with Crippen molar-refractivity contribution in [3.8, 4) is 0 Å². The molecule has 4 aliphatic rings. The van der Waals surface area contributed by atoms with Crippen molar-refractivity contribution >= 4 is 11.7 Å². The summed E-state index contributed by atoms with van der Waals surface area (Å²) in [4.78, 5) is 12.6. The quantitative estimate of drug-likeness (QED) is 0.731. The monoisotopic (exact) mass is 418 g/mol. The van der Waals surface area contributed by atoms with Crippen LogP contribution in [-0.4, -0.2) is 21.4 Å². The fourth-order valence-electron chi connectivity index (χ4n) is 6.21. The second-order valence-electron chi connectivity index (χ2n) is 9.40. The summed E-state index contributed by atoms with van der Waals surface area (Å²) in [6, 6.07) is 4.96. The molecule has 0 unspecified atom stereocenters. The van der Waals surface area contributed by atoms with Crippen LogP contribution in [0.1, 0.15) is 49.7 Å². The fourth-order valence-corrected chi connectivity index (χ4v) is 6.21. The van der Waals surface area contributed by atoms with Crippen molar-refractivity contribution in [3.63, 3.8) is 0 Å². The van der Waals surface area contributed by atoms with Gasteiger partial charge in [0.15, 0.2) is 0 Å². The van der Waals surface area contributed by atoms with Gasteiger partial charge in [-0.2, -0.15) is 18.3 Å². The van der Waals surface area contributed by atoms with Crippen LogP contribution in [0.4, 0.5) is 23.7 Å². The minimum absolute atomic E-state index is 0.0765. The van der Waals surface area contributed by atoms with Gasteiger partial charge in [-0.05, 0) is 74.0 Å². The normalized spacial score (nSPS) is 29.8. The number of aromatic nitrogens is 2. The summed E-state index contributed by atoms with van der Waals surface area (Å²) in [5.74, 6) is 2.23. The molecule has 4 aliphatic carbocycles. The summed E-state index contributed by atoms with van der Waals surface area (Å²) in [5.41, 5.74) is 0.273. The van der Waals surface area contributed by atoms with Crippen LogP contribution in [-0.2, 0) is 12.7 Å². The van der Waals surface area contributed by atoms with E-state index in [9.17, 15) is 18.0 Å². The number of nitrogens with one attached hydrogen (secondary N) is 2. The predicted octanol–water partition coefficient (Wildman–Crippen LogP) is 5.04. The molecular formula is C22H25F3N4O. The number of rotatable bonds is 4. The summed E-state index contributed by atoms with van der Waals surface area (Å²) in [7, 11) is 0. The van der Waals surface area contributed by atoms with Crippen molar-refractivity contribution in [1.82, 2.24) is 15.1 Å². The second-order valence-corrected chi connectivity index (χ2v) is 9.40. The van der Waals surface area contributed by atoms with Gasteiger partial charge < -0.3 is 10.6 Å². The van der Waals surface area contributed by atoms with E-state index in [1.807, 2.05) is 0 Å². The van der Waals surface area contributed by atoms with Gasteiger partial charge in [0.1, 0.15) is 0 Å². The molecular weight excluding hydrogens is 393 g/mol. The molecule has 2 amide bonds. The maximum atomic E-state index is 12.9. The number of hydrogen-bond acceptors (Lipinski definition) is 2. The molecule has 160 valence electrons. The molecule has 8 heteroatoms. The lowest BCUT2D eigenvalue weighted by Gasteiger charge is -2.56. The van der Waals surface area contributed by atoms with Gasteiger partial charge in [-0.25, -0.2) is 4.79 Å². The minimum Gasteiger partial charge on any atom is -0.332 e. The highest BCUT2D eigenvalue weighted by Gasteiger charge is 2.51. The average molecular weight is 418 g/mol. The molecule has 2 N–H and O–H groups in total. The van der Waals surface area contributed by atoms with Gasteiger partial charge in [0.25, 0.3) is 0 Å². The highest BCUT2D eigenvalue weighted by molar-refractivity contribution is 5.89. The SMILES string of the molecule is O=C(Nc1cnn(Cc2cccc(C(F)(F)F)c2)c1)NC12CC3CC(CC(C3)C1)C2. The Morgan fingerprint density at radius 2 is 1.80 bits per heavy atom. The number of urea groups is 1. The van der Waals surface area contributed by atoms with Crippen LogP contribution in [0.3, 0.4) is 0 Å². The van der Waals surface area contributed by atoms with Crippen molar-refractivity contribution in [2.24, 2.45) is 17.8 Å². The van der Waals surface area contributed by atoms with Crippen molar-refractivity contribution in [3.05, 3.63) is 47.8 Å².